The number of benzene rings is 1. The Bertz CT molecular complexity index is 304. The molecule has 0 amide bonds. The van der Waals surface area contributed by atoms with Crippen LogP contribution in [0.25, 0.3) is 0 Å². The van der Waals surface area contributed by atoms with E-state index in [1.807, 2.05) is 0 Å². The van der Waals surface area contributed by atoms with Crippen molar-refractivity contribution < 1.29 is 0 Å². The molecule has 16 heavy (non-hydrogen) atoms. The van der Waals surface area contributed by atoms with E-state index in [2.05, 4.69) is 63.2 Å². The molecule has 2 N–H and O–H groups in total. The molecule has 1 atom stereocenters. The van der Waals surface area contributed by atoms with E-state index in [0.29, 0.717) is 6.04 Å². The van der Waals surface area contributed by atoms with Gasteiger partial charge in [0.05, 0.1) is 0 Å². The molecule has 90 valence electrons. The van der Waals surface area contributed by atoms with Crippen LogP contribution in [0.3, 0.4) is 0 Å². The van der Waals surface area contributed by atoms with Gasteiger partial charge >= 0.3 is 0 Å². The molecule has 1 unspecified atom stereocenters. The molecule has 2 nitrogen and oxygen atoms in total. The standard InChI is InChI=1S/C14H24N2/c1-14(2,11-15)10-13(16(3)4)12-8-6-5-7-9-12/h5-9,13H,10-11,15H2,1-4H3. The summed E-state index contributed by atoms with van der Waals surface area (Å²) in [6.07, 6.45) is 1.08. The summed E-state index contributed by atoms with van der Waals surface area (Å²) in [5.41, 5.74) is 7.37. The van der Waals surface area contributed by atoms with Gasteiger partial charge in [0, 0.05) is 6.04 Å². The normalized spacial score (nSPS) is 14.1. The molecule has 0 aliphatic carbocycles. The fourth-order valence-electron chi connectivity index (χ4n) is 1.88. The molecule has 2 heteroatoms. The van der Waals surface area contributed by atoms with Crippen LogP contribution in [0.4, 0.5) is 0 Å². The predicted octanol–water partition coefficient (Wildman–Crippen LogP) is 2.66. The molecule has 0 fully saturated rings. The van der Waals surface area contributed by atoms with Crippen LogP contribution in [0.5, 0.6) is 0 Å². The van der Waals surface area contributed by atoms with Gasteiger partial charge in [-0.3, -0.25) is 0 Å². The lowest BCUT2D eigenvalue weighted by Crippen LogP contribution is -2.31. The highest BCUT2D eigenvalue weighted by Crippen LogP contribution is 2.31. The van der Waals surface area contributed by atoms with Gasteiger partial charge in [-0.25, -0.2) is 0 Å². The first kappa shape index (κ1) is 13.2. The summed E-state index contributed by atoms with van der Waals surface area (Å²) in [6.45, 7) is 5.18. The smallest absolute Gasteiger partial charge is 0.0347 e. The molecular weight excluding hydrogens is 196 g/mol. The van der Waals surface area contributed by atoms with Crippen LogP contribution < -0.4 is 5.73 Å². The van der Waals surface area contributed by atoms with Crippen molar-refractivity contribution in [3.05, 3.63) is 35.9 Å². The van der Waals surface area contributed by atoms with Gasteiger partial charge < -0.3 is 10.6 Å². The molecule has 0 saturated carbocycles. The van der Waals surface area contributed by atoms with Crippen LogP contribution in [0, 0.1) is 5.41 Å². The zero-order chi connectivity index (χ0) is 12.2. The summed E-state index contributed by atoms with van der Waals surface area (Å²) in [7, 11) is 4.26. The van der Waals surface area contributed by atoms with Crippen molar-refractivity contribution in [2.24, 2.45) is 11.1 Å². The molecule has 1 rings (SSSR count). The molecule has 0 radical (unpaired) electrons. The fraction of sp³-hybridized carbons (Fsp3) is 0.571. The van der Waals surface area contributed by atoms with Crippen molar-refractivity contribution in [1.29, 1.82) is 0 Å². The van der Waals surface area contributed by atoms with E-state index < -0.39 is 0 Å². The predicted molar refractivity (Wildman–Crippen MR) is 70.3 cm³/mol. The van der Waals surface area contributed by atoms with E-state index in [1.54, 1.807) is 0 Å². The molecule has 0 saturated heterocycles. The Kier molecular flexibility index (Phi) is 4.51. The highest BCUT2D eigenvalue weighted by atomic mass is 15.1. The Hall–Kier alpha value is -0.860. The second kappa shape index (κ2) is 5.46. The van der Waals surface area contributed by atoms with E-state index in [1.165, 1.54) is 5.56 Å². The third-order valence-corrected chi connectivity index (χ3v) is 3.11. The van der Waals surface area contributed by atoms with Gasteiger partial charge in [0.2, 0.25) is 0 Å². The fourth-order valence-corrected chi connectivity index (χ4v) is 1.88. The van der Waals surface area contributed by atoms with Crippen LogP contribution in [0.2, 0.25) is 0 Å². The SMILES string of the molecule is CN(C)C(CC(C)(C)CN)c1ccccc1. The maximum absolute atomic E-state index is 5.81. The van der Waals surface area contributed by atoms with Gasteiger partial charge in [0.25, 0.3) is 0 Å². The minimum Gasteiger partial charge on any atom is -0.330 e. The van der Waals surface area contributed by atoms with Crippen molar-refractivity contribution in [2.45, 2.75) is 26.3 Å². The summed E-state index contributed by atoms with van der Waals surface area (Å²) in [5.74, 6) is 0. The first-order valence-electron chi connectivity index (χ1n) is 5.88. The van der Waals surface area contributed by atoms with Crippen LogP contribution in [0.15, 0.2) is 30.3 Å². The molecular formula is C14H24N2. The van der Waals surface area contributed by atoms with Crippen LogP contribution in [-0.2, 0) is 0 Å². The van der Waals surface area contributed by atoms with E-state index >= 15 is 0 Å². The molecule has 0 heterocycles. The van der Waals surface area contributed by atoms with Crippen LogP contribution >= 0.6 is 0 Å². The third kappa shape index (κ3) is 3.62. The minimum atomic E-state index is 0.185. The molecule has 0 spiro atoms. The van der Waals surface area contributed by atoms with Gasteiger partial charge in [0.15, 0.2) is 0 Å². The molecule has 0 bridgehead atoms. The lowest BCUT2D eigenvalue weighted by molar-refractivity contribution is 0.202. The number of rotatable bonds is 5. The van der Waals surface area contributed by atoms with E-state index in [9.17, 15) is 0 Å². The number of hydrogen-bond acceptors (Lipinski definition) is 2. The minimum absolute atomic E-state index is 0.185. The Labute approximate surface area is 99.5 Å². The maximum atomic E-state index is 5.81. The van der Waals surface area contributed by atoms with Gasteiger partial charge in [-0.15, -0.1) is 0 Å². The quantitative estimate of drug-likeness (QED) is 0.826. The van der Waals surface area contributed by atoms with E-state index in [-0.39, 0.29) is 5.41 Å². The lowest BCUT2D eigenvalue weighted by atomic mass is 9.83. The Morgan fingerprint density at radius 1 is 1.19 bits per heavy atom. The van der Waals surface area contributed by atoms with Crippen molar-refractivity contribution in [2.75, 3.05) is 20.6 Å². The maximum Gasteiger partial charge on any atom is 0.0347 e. The van der Waals surface area contributed by atoms with Crippen LogP contribution in [0.1, 0.15) is 31.9 Å². The van der Waals surface area contributed by atoms with Gasteiger partial charge in [-0.1, -0.05) is 44.2 Å². The van der Waals surface area contributed by atoms with Gasteiger partial charge in [0.1, 0.15) is 0 Å². The largest absolute Gasteiger partial charge is 0.330 e. The zero-order valence-corrected chi connectivity index (χ0v) is 10.9. The Balaban J connectivity index is 2.85. The van der Waals surface area contributed by atoms with Crippen molar-refractivity contribution in [3.63, 3.8) is 0 Å². The number of hydrogen-bond donors (Lipinski definition) is 1. The highest BCUT2D eigenvalue weighted by Gasteiger charge is 2.24. The van der Waals surface area contributed by atoms with Gasteiger partial charge in [-0.05, 0) is 38.0 Å². The molecule has 0 aliphatic heterocycles. The average molecular weight is 220 g/mol. The van der Waals surface area contributed by atoms with Gasteiger partial charge in [-0.2, -0.15) is 0 Å². The number of nitrogens with zero attached hydrogens (tertiary/aromatic N) is 1. The Morgan fingerprint density at radius 3 is 2.19 bits per heavy atom. The van der Waals surface area contributed by atoms with Crippen molar-refractivity contribution >= 4 is 0 Å². The van der Waals surface area contributed by atoms with Crippen LogP contribution in [-0.4, -0.2) is 25.5 Å². The molecule has 1 aromatic carbocycles. The second-order valence-electron chi connectivity index (χ2n) is 5.46. The third-order valence-electron chi connectivity index (χ3n) is 3.11. The molecule has 0 aliphatic rings. The van der Waals surface area contributed by atoms with E-state index in [0.717, 1.165) is 13.0 Å². The van der Waals surface area contributed by atoms with E-state index in [4.69, 9.17) is 5.73 Å². The highest BCUT2D eigenvalue weighted by molar-refractivity contribution is 5.19. The summed E-state index contributed by atoms with van der Waals surface area (Å²) < 4.78 is 0. The van der Waals surface area contributed by atoms with Crippen molar-refractivity contribution in [3.8, 4) is 0 Å². The molecule has 0 aromatic heterocycles. The lowest BCUT2D eigenvalue weighted by Gasteiger charge is -2.32. The first-order valence-corrected chi connectivity index (χ1v) is 5.88. The molecule has 1 aromatic rings. The Morgan fingerprint density at radius 2 is 1.75 bits per heavy atom. The van der Waals surface area contributed by atoms with Crippen molar-refractivity contribution in [1.82, 2.24) is 4.90 Å². The number of nitrogens with two attached hydrogens (primary N) is 1. The first-order chi connectivity index (χ1) is 7.46. The zero-order valence-electron chi connectivity index (χ0n) is 10.9. The monoisotopic (exact) mass is 220 g/mol. The average Bonchev–Trinajstić information content (AvgIpc) is 2.27. The second-order valence-corrected chi connectivity index (χ2v) is 5.46. The topological polar surface area (TPSA) is 29.3 Å². The summed E-state index contributed by atoms with van der Waals surface area (Å²) in [6, 6.07) is 11.1. The summed E-state index contributed by atoms with van der Waals surface area (Å²) >= 11 is 0. The summed E-state index contributed by atoms with van der Waals surface area (Å²) in [5, 5.41) is 0. The summed E-state index contributed by atoms with van der Waals surface area (Å²) in [4.78, 5) is 2.27.